The monoisotopic (exact) mass is 301 g/mol. The van der Waals surface area contributed by atoms with Gasteiger partial charge < -0.3 is 0 Å². The summed E-state index contributed by atoms with van der Waals surface area (Å²) in [6.07, 6.45) is 2.57. The molecule has 0 amide bonds. The summed E-state index contributed by atoms with van der Waals surface area (Å²) in [5, 5.41) is 3.86. The van der Waals surface area contributed by atoms with E-state index in [4.69, 9.17) is 0 Å². The van der Waals surface area contributed by atoms with E-state index < -0.39 is 0 Å². The number of nitrogens with zero attached hydrogens (tertiary/aromatic N) is 3. The number of hydrogen-bond acceptors (Lipinski definition) is 4. The summed E-state index contributed by atoms with van der Waals surface area (Å²) in [6, 6.07) is 16.7. The third kappa shape index (κ3) is 3.25. The molecule has 0 fully saturated rings. The molecule has 0 saturated heterocycles. The van der Waals surface area contributed by atoms with Crippen molar-refractivity contribution < 1.29 is 4.39 Å². The number of hydrogen-bond donors (Lipinski definition) is 1. The van der Waals surface area contributed by atoms with Gasteiger partial charge in [-0.15, -0.1) is 12.6 Å². The van der Waals surface area contributed by atoms with E-state index in [9.17, 15) is 4.39 Å². The molecule has 0 bridgehead atoms. The van der Waals surface area contributed by atoms with E-state index in [0.29, 0.717) is 0 Å². The fourth-order valence-corrected chi connectivity index (χ4v) is 2.61. The SMILES string of the molecule is Fc1cccc(N2C=NC(S)N2CCc2ccccc2)c1. The van der Waals surface area contributed by atoms with Crippen molar-refractivity contribution in [3.05, 3.63) is 66.0 Å². The first-order chi connectivity index (χ1) is 10.2. The largest absolute Gasteiger partial charge is 0.261 e. The third-order valence-electron chi connectivity index (χ3n) is 3.40. The second kappa shape index (κ2) is 6.28. The van der Waals surface area contributed by atoms with Gasteiger partial charge in [-0.2, -0.15) is 5.01 Å². The van der Waals surface area contributed by atoms with Crippen LogP contribution in [-0.2, 0) is 6.42 Å². The van der Waals surface area contributed by atoms with Crippen LogP contribution in [0.4, 0.5) is 10.1 Å². The predicted octanol–water partition coefficient (Wildman–Crippen LogP) is 3.35. The van der Waals surface area contributed by atoms with Crippen molar-refractivity contribution in [2.75, 3.05) is 11.6 Å². The lowest BCUT2D eigenvalue weighted by molar-refractivity contribution is 0.299. The average molecular weight is 301 g/mol. The summed E-state index contributed by atoms with van der Waals surface area (Å²) in [6.45, 7) is 0.759. The first-order valence-corrected chi connectivity index (χ1v) is 7.32. The Morgan fingerprint density at radius 1 is 1.10 bits per heavy atom. The van der Waals surface area contributed by atoms with Crippen LogP contribution in [0.1, 0.15) is 5.56 Å². The van der Waals surface area contributed by atoms with Gasteiger partial charge >= 0.3 is 0 Å². The van der Waals surface area contributed by atoms with Gasteiger partial charge in [-0.1, -0.05) is 36.4 Å². The normalized spacial score (nSPS) is 18.4. The average Bonchev–Trinajstić information content (AvgIpc) is 2.87. The molecule has 1 atom stereocenters. The van der Waals surface area contributed by atoms with Crippen molar-refractivity contribution in [2.24, 2.45) is 4.99 Å². The number of thiol groups is 1. The highest BCUT2D eigenvalue weighted by Gasteiger charge is 2.26. The van der Waals surface area contributed by atoms with Gasteiger partial charge in [0.05, 0.1) is 5.69 Å². The lowest BCUT2D eigenvalue weighted by Crippen LogP contribution is -2.41. The van der Waals surface area contributed by atoms with Gasteiger partial charge in [0.15, 0.2) is 5.50 Å². The zero-order chi connectivity index (χ0) is 14.7. The Balaban J connectivity index is 1.73. The first-order valence-electron chi connectivity index (χ1n) is 6.81. The molecule has 1 heterocycles. The summed E-state index contributed by atoms with van der Waals surface area (Å²) < 4.78 is 13.4. The standard InChI is InChI=1S/C16H16FN3S/c17-14-7-4-8-15(11-14)20-12-18-16(21)19(20)10-9-13-5-2-1-3-6-13/h1-8,11-12,16,21H,9-10H2. The molecule has 0 aliphatic carbocycles. The molecule has 1 aliphatic heterocycles. The van der Waals surface area contributed by atoms with Crippen LogP contribution in [0.3, 0.4) is 0 Å². The number of aliphatic imine (C=N–C) groups is 1. The number of halogens is 1. The Morgan fingerprint density at radius 3 is 2.67 bits per heavy atom. The van der Waals surface area contributed by atoms with Crippen LogP contribution in [0.2, 0.25) is 0 Å². The fraction of sp³-hybridized carbons (Fsp3) is 0.188. The van der Waals surface area contributed by atoms with Crippen molar-refractivity contribution in [1.29, 1.82) is 0 Å². The van der Waals surface area contributed by atoms with Gasteiger partial charge in [-0.05, 0) is 30.2 Å². The van der Waals surface area contributed by atoms with Gasteiger partial charge in [0.2, 0.25) is 0 Å². The summed E-state index contributed by atoms with van der Waals surface area (Å²) in [4.78, 5) is 4.29. The molecule has 1 aliphatic rings. The zero-order valence-electron chi connectivity index (χ0n) is 11.4. The Labute approximate surface area is 129 Å². The van der Waals surface area contributed by atoms with Crippen molar-refractivity contribution in [1.82, 2.24) is 5.01 Å². The summed E-state index contributed by atoms with van der Waals surface area (Å²) in [7, 11) is 0. The lowest BCUT2D eigenvalue weighted by atomic mass is 10.1. The van der Waals surface area contributed by atoms with E-state index in [0.717, 1.165) is 18.7 Å². The minimum absolute atomic E-state index is 0.239. The molecule has 1 unspecified atom stereocenters. The molecule has 2 aromatic carbocycles. The maximum absolute atomic E-state index is 13.4. The molecule has 5 heteroatoms. The molecule has 0 N–H and O–H groups in total. The number of anilines is 1. The zero-order valence-corrected chi connectivity index (χ0v) is 12.3. The van der Waals surface area contributed by atoms with Gasteiger partial charge in [0.25, 0.3) is 0 Å². The van der Waals surface area contributed by atoms with Crippen LogP contribution in [0.5, 0.6) is 0 Å². The molecule has 3 rings (SSSR count). The second-order valence-corrected chi connectivity index (χ2v) is 5.30. The smallest absolute Gasteiger partial charge is 0.165 e. The van der Waals surface area contributed by atoms with Crippen LogP contribution < -0.4 is 5.01 Å². The maximum Gasteiger partial charge on any atom is 0.165 e. The van der Waals surface area contributed by atoms with Gasteiger partial charge in [0, 0.05) is 6.54 Å². The summed E-state index contributed by atoms with van der Waals surface area (Å²) in [5.74, 6) is -0.258. The highest BCUT2D eigenvalue weighted by Crippen LogP contribution is 2.24. The van der Waals surface area contributed by atoms with E-state index in [2.05, 4.69) is 29.8 Å². The van der Waals surface area contributed by atoms with Crippen LogP contribution in [0.15, 0.2) is 59.6 Å². The Morgan fingerprint density at radius 2 is 1.90 bits per heavy atom. The molecule has 0 saturated carbocycles. The molecule has 21 heavy (non-hydrogen) atoms. The predicted molar refractivity (Wildman–Crippen MR) is 87.0 cm³/mol. The number of hydrazine groups is 1. The van der Waals surface area contributed by atoms with Gasteiger partial charge in [-0.25, -0.2) is 9.38 Å². The van der Waals surface area contributed by atoms with Crippen LogP contribution in [-0.4, -0.2) is 23.4 Å². The minimum Gasteiger partial charge on any atom is -0.261 e. The topological polar surface area (TPSA) is 18.8 Å². The fourth-order valence-electron chi connectivity index (χ4n) is 2.32. The van der Waals surface area contributed by atoms with E-state index in [1.54, 1.807) is 12.4 Å². The van der Waals surface area contributed by atoms with E-state index in [1.807, 2.05) is 34.3 Å². The summed E-state index contributed by atoms with van der Waals surface area (Å²) >= 11 is 4.46. The number of benzene rings is 2. The molecule has 0 radical (unpaired) electrons. The quantitative estimate of drug-likeness (QED) is 0.873. The molecule has 0 spiro atoms. The Kier molecular flexibility index (Phi) is 4.22. The molecular formula is C16H16FN3S. The van der Waals surface area contributed by atoms with E-state index in [-0.39, 0.29) is 11.3 Å². The van der Waals surface area contributed by atoms with Crippen molar-refractivity contribution in [3.63, 3.8) is 0 Å². The second-order valence-electron chi connectivity index (χ2n) is 4.83. The Hall–Kier alpha value is -1.85. The minimum atomic E-state index is -0.258. The van der Waals surface area contributed by atoms with Gasteiger partial charge in [-0.3, -0.25) is 5.01 Å². The molecular weight excluding hydrogens is 285 g/mol. The van der Waals surface area contributed by atoms with Crippen LogP contribution >= 0.6 is 12.6 Å². The highest BCUT2D eigenvalue weighted by atomic mass is 32.1. The van der Waals surface area contributed by atoms with Crippen molar-refractivity contribution >= 4 is 24.7 Å². The maximum atomic E-state index is 13.4. The number of rotatable bonds is 4. The summed E-state index contributed by atoms with van der Waals surface area (Å²) in [5.41, 5.74) is 1.77. The van der Waals surface area contributed by atoms with Crippen LogP contribution in [0.25, 0.3) is 0 Å². The third-order valence-corrected chi connectivity index (χ3v) is 3.80. The van der Waals surface area contributed by atoms with Gasteiger partial charge in [0.1, 0.15) is 12.2 Å². The highest BCUT2D eigenvalue weighted by molar-refractivity contribution is 7.80. The van der Waals surface area contributed by atoms with E-state index in [1.165, 1.54) is 17.7 Å². The van der Waals surface area contributed by atoms with Crippen LogP contribution in [0, 0.1) is 5.82 Å². The molecule has 0 aromatic heterocycles. The van der Waals surface area contributed by atoms with Crippen molar-refractivity contribution in [2.45, 2.75) is 11.9 Å². The lowest BCUT2D eigenvalue weighted by Gasteiger charge is -2.29. The first kappa shape index (κ1) is 14.1. The van der Waals surface area contributed by atoms with Crippen molar-refractivity contribution in [3.8, 4) is 0 Å². The Bertz CT molecular complexity index is 632. The molecule has 2 aromatic rings. The molecule has 108 valence electrons. The molecule has 3 nitrogen and oxygen atoms in total. The van der Waals surface area contributed by atoms with E-state index >= 15 is 0 Å².